The van der Waals surface area contributed by atoms with Crippen LogP contribution in [0.1, 0.15) is 40.7 Å². The molecule has 0 aliphatic carbocycles. The minimum absolute atomic E-state index is 0.00375. The van der Waals surface area contributed by atoms with E-state index in [9.17, 15) is 9.59 Å². The molecule has 23 heavy (non-hydrogen) atoms. The van der Waals surface area contributed by atoms with Crippen LogP contribution in [0, 0.1) is 0 Å². The standard InChI is InChI=1S/C19H22N2O2/c1-3-17(15-9-5-4-6-10-15)19(23)21-13-14-8-7-11-16(12-14)18(22)20-2/h4-12,17H,3,13H2,1-2H3,(H,20,22)(H,21,23). The maximum atomic E-state index is 12.4. The Morgan fingerprint density at radius 2 is 1.78 bits per heavy atom. The zero-order valence-corrected chi connectivity index (χ0v) is 13.5. The molecular weight excluding hydrogens is 288 g/mol. The normalized spacial score (nSPS) is 11.6. The van der Waals surface area contributed by atoms with Crippen molar-refractivity contribution in [1.29, 1.82) is 0 Å². The summed E-state index contributed by atoms with van der Waals surface area (Å²) < 4.78 is 0. The van der Waals surface area contributed by atoms with E-state index in [1.807, 2.05) is 49.4 Å². The second kappa shape index (κ2) is 8.13. The van der Waals surface area contributed by atoms with E-state index in [0.29, 0.717) is 12.1 Å². The molecule has 2 rings (SSSR count). The summed E-state index contributed by atoms with van der Waals surface area (Å²) in [5, 5.41) is 5.56. The first-order valence-electron chi connectivity index (χ1n) is 7.79. The van der Waals surface area contributed by atoms with Gasteiger partial charge in [-0.25, -0.2) is 0 Å². The van der Waals surface area contributed by atoms with Crippen molar-refractivity contribution >= 4 is 11.8 Å². The van der Waals surface area contributed by atoms with Crippen LogP contribution in [0.4, 0.5) is 0 Å². The maximum absolute atomic E-state index is 12.4. The molecule has 0 aromatic heterocycles. The Hall–Kier alpha value is -2.62. The zero-order valence-electron chi connectivity index (χ0n) is 13.5. The van der Waals surface area contributed by atoms with Crippen LogP contribution >= 0.6 is 0 Å². The van der Waals surface area contributed by atoms with Crippen molar-refractivity contribution in [2.45, 2.75) is 25.8 Å². The van der Waals surface area contributed by atoms with Gasteiger partial charge in [-0.1, -0.05) is 49.4 Å². The van der Waals surface area contributed by atoms with Crippen LogP contribution in [0.2, 0.25) is 0 Å². The Morgan fingerprint density at radius 1 is 1.04 bits per heavy atom. The molecule has 0 spiro atoms. The summed E-state index contributed by atoms with van der Waals surface area (Å²) >= 11 is 0. The Kier molecular flexibility index (Phi) is 5.92. The molecule has 0 aliphatic rings. The molecule has 120 valence electrons. The summed E-state index contributed by atoms with van der Waals surface area (Å²) in [5.41, 5.74) is 2.52. The molecule has 2 aromatic carbocycles. The minimum Gasteiger partial charge on any atom is -0.355 e. The van der Waals surface area contributed by atoms with E-state index in [-0.39, 0.29) is 17.7 Å². The van der Waals surface area contributed by atoms with E-state index in [1.54, 1.807) is 19.2 Å². The topological polar surface area (TPSA) is 58.2 Å². The van der Waals surface area contributed by atoms with Crippen LogP contribution in [0.5, 0.6) is 0 Å². The number of nitrogens with one attached hydrogen (secondary N) is 2. The van der Waals surface area contributed by atoms with E-state index in [0.717, 1.165) is 17.5 Å². The van der Waals surface area contributed by atoms with Crippen molar-refractivity contribution < 1.29 is 9.59 Å². The summed E-state index contributed by atoms with van der Waals surface area (Å²) in [6.45, 7) is 2.41. The second-order valence-corrected chi connectivity index (χ2v) is 5.37. The monoisotopic (exact) mass is 310 g/mol. The summed E-state index contributed by atoms with van der Waals surface area (Å²) in [6.07, 6.45) is 0.744. The highest BCUT2D eigenvalue weighted by molar-refractivity contribution is 5.94. The van der Waals surface area contributed by atoms with E-state index in [1.165, 1.54) is 0 Å². The van der Waals surface area contributed by atoms with Crippen LogP contribution in [0.25, 0.3) is 0 Å². The fourth-order valence-corrected chi connectivity index (χ4v) is 2.54. The van der Waals surface area contributed by atoms with Gasteiger partial charge in [0.1, 0.15) is 0 Å². The SMILES string of the molecule is CCC(C(=O)NCc1cccc(C(=O)NC)c1)c1ccccc1. The van der Waals surface area contributed by atoms with Crippen LogP contribution in [-0.2, 0) is 11.3 Å². The van der Waals surface area contributed by atoms with Gasteiger partial charge in [0.2, 0.25) is 5.91 Å². The van der Waals surface area contributed by atoms with E-state index in [4.69, 9.17) is 0 Å². The van der Waals surface area contributed by atoms with Crippen LogP contribution < -0.4 is 10.6 Å². The van der Waals surface area contributed by atoms with E-state index in [2.05, 4.69) is 10.6 Å². The molecule has 0 fully saturated rings. The number of carbonyl (C=O) groups is 2. The molecule has 2 amide bonds. The average molecular weight is 310 g/mol. The molecule has 4 heteroatoms. The third-order valence-electron chi connectivity index (χ3n) is 3.81. The number of benzene rings is 2. The molecular formula is C19H22N2O2. The maximum Gasteiger partial charge on any atom is 0.251 e. The lowest BCUT2D eigenvalue weighted by molar-refractivity contribution is -0.122. The fraction of sp³-hybridized carbons (Fsp3) is 0.263. The van der Waals surface area contributed by atoms with Crippen molar-refractivity contribution in [3.8, 4) is 0 Å². The molecule has 0 bridgehead atoms. The van der Waals surface area contributed by atoms with Crippen LogP contribution in [0.3, 0.4) is 0 Å². The summed E-state index contributed by atoms with van der Waals surface area (Å²) in [7, 11) is 1.60. The van der Waals surface area contributed by atoms with Crippen LogP contribution in [-0.4, -0.2) is 18.9 Å². The molecule has 0 saturated carbocycles. The third-order valence-corrected chi connectivity index (χ3v) is 3.81. The van der Waals surface area contributed by atoms with Gasteiger partial charge in [-0.15, -0.1) is 0 Å². The molecule has 1 atom stereocenters. The zero-order chi connectivity index (χ0) is 16.7. The Bertz CT molecular complexity index is 668. The van der Waals surface area contributed by atoms with Gasteiger partial charge >= 0.3 is 0 Å². The number of rotatable bonds is 6. The van der Waals surface area contributed by atoms with Gasteiger partial charge in [-0.3, -0.25) is 9.59 Å². The first-order chi connectivity index (χ1) is 11.2. The second-order valence-electron chi connectivity index (χ2n) is 5.37. The largest absolute Gasteiger partial charge is 0.355 e. The number of hydrogen-bond donors (Lipinski definition) is 2. The predicted molar refractivity (Wildman–Crippen MR) is 91.2 cm³/mol. The van der Waals surface area contributed by atoms with E-state index < -0.39 is 0 Å². The van der Waals surface area contributed by atoms with Gasteiger partial charge < -0.3 is 10.6 Å². The van der Waals surface area contributed by atoms with E-state index >= 15 is 0 Å². The Balaban J connectivity index is 2.02. The smallest absolute Gasteiger partial charge is 0.251 e. The molecule has 1 unspecified atom stereocenters. The van der Waals surface area contributed by atoms with Gasteiger partial charge in [-0.05, 0) is 29.7 Å². The van der Waals surface area contributed by atoms with Crippen molar-refractivity contribution in [2.75, 3.05) is 7.05 Å². The quantitative estimate of drug-likeness (QED) is 0.862. The van der Waals surface area contributed by atoms with Crippen molar-refractivity contribution in [3.05, 3.63) is 71.3 Å². The number of hydrogen-bond acceptors (Lipinski definition) is 2. The average Bonchev–Trinajstić information content (AvgIpc) is 2.61. The lowest BCUT2D eigenvalue weighted by Gasteiger charge is -2.15. The lowest BCUT2D eigenvalue weighted by atomic mass is 9.95. The van der Waals surface area contributed by atoms with Crippen LogP contribution in [0.15, 0.2) is 54.6 Å². The number of amides is 2. The first-order valence-corrected chi connectivity index (χ1v) is 7.79. The molecule has 0 radical (unpaired) electrons. The predicted octanol–water partition coefficient (Wildman–Crippen LogP) is 2.86. The molecule has 2 aromatic rings. The van der Waals surface area contributed by atoms with Crippen molar-refractivity contribution in [2.24, 2.45) is 0 Å². The fourth-order valence-electron chi connectivity index (χ4n) is 2.54. The van der Waals surface area contributed by atoms with Crippen molar-refractivity contribution in [1.82, 2.24) is 10.6 Å². The summed E-state index contributed by atoms with van der Waals surface area (Å²) in [4.78, 5) is 24.1. The Labute approximate surface area is 136 Å². The minimum atomic E-state index is -0.154. The first kappa shape index (κ1) is 16.7. The molecule has 2 N–H and O–H groups in total. The van der Waals surface area contributed by atoms with Crippen molar-refractivity contribution in [3.63, 3.8) is 0 Å². The van der Waals surface area contributed by atoms with Gasteiger partial charge in [0.15, 0.2) is 0 Å². The van der Waals surface area contributed by atoms with Gasteiger partial charge in [0.05, 0.1) is 5.92 Å². The molecule has 0 aliphatic heterocycles. The molecule has 4 nitrogen and oxygen atoms in total. The highest BCUT2D eigenvalue weighted by Crippen LogP contribution is 2.19. The molecule has 0 saturated heterocycles. The third kappa shape index (κ3) is 4.42. The highest BCUT2D eigenvalue weighted by atomic mass is 16.2. The summed E-state index contributed by atoms with van der Waals surface area (Å²) in [6, 6.07) is 17.0. The summed E-state index contributed by atoms with van der Waals surface area (Å²) in [5.74, 6) is -0.281. The van der Waals surface area contributed by atoms with Gasteiger partial charge in [0, 0.05) is 19.2 Å². The lowest BCUT2D eigenvalue weighted by Crippen LogP contribution is -2.28. The Morgan fingerprint density at radius 3 is 2.43 bits per heavy atom. The number of carbonyl (C=O) groups excluding carboxylic acids is 2. The highest BCUT2D eigenvalue weighted by Gasteiger charge is 2.18. The molecule has 0 heterocycles. The van der Waals surface area contributed by atoms with Gasteiger partial charge in [-0.2, -0.15) is 0 Å². The van der Waals surface area contributed by atoms with Gasteiger partial charge in [0.25, 0.3) is 5.91 Å².